The summed E-state index contributed by atoms with van der Waals surface area (Å²) in [7, 11) is 1.53. The fourth-order valence-electron chi connectivity index (χ4n) is 4.16. The van der Waals surface area contributed by atoms with Crippen LogP contribution in [0.4, 0.5) is 0 Å². The Morgan fingerprint density at radius 2 is 1.89 bits per heavy atom. The molecule has 0 bridgehead atoms. The van der Waals surface area contributed by atoms with Crippen molar-refractivity contribution in [3.05, 3.63) is 38.2 Å². The fraction of sp³-hybridized carbons (Fsp3) is 0.579. The van der Waals surface area contributed by atoms with Gasteiger partial charge in [-0.15, -0.1) is 0 Å². The molecule has 2 aromatic heterocycles. The van der Waals surface area contributed by atoms with Gasteiger partial charge in [0, 0.05) is 30.9 Å². The summed E-state index contributed by atoms with van der Waals surface area (Å²) in [5, 5.41) is 6.88. The van der Waals surface area contributed by atoms with Crippen LogP contribution in [-0.2, 0) is 7.05 Å². The van der Waals surface area contributed by atoms with Gasteiger partial charge in [0.1, 0.15) is 5.65 Å². The average Bonchev–Trinajstić information content (AvgIpc) is 3.13. The predicted molar refractivity (Wildman–Crippen MR) is 102 cm³/mol. The van der Waals surface area contributed by atoms with Crippen LogP contribution in [0, 0.1) is 6.92 Å². The molecule has 3 N–H and O–H groups in total. The molecule has 0 unspecified atom stereocenters. The number of amides is 1. The van der Waals surface area contributed by atoms with E-state index in [1.54, 1.807) is 13.0 Å². The van der Waals surface area contributed by atoms with E-state index >= 15 is 0 Å². The van der Waals surface area contributed by atoms with Crippen LogP contribution in [0.3, 0.4) is 0 Å². The molecule has 8 nitrogen and oxygen atoms in total. The van der Waals surface area contributed by atoms with Gasteiger partial charge in [0.25, 0.3) is 11.5 Å². The summed E-state index contributed by atoms with van der Waals surface area (Å²) in [6.45, 7) is 1.75. The van der Waals surface area contributed by atoms with Crippen LogP contribution in [0.1, 0.15) is 54.6 Å². The molecule has 2 fully saturated rings. The molecule has 144 valence electrons. The molecule has 1 amide bonds. The van der Waals surface area contributed by atoms with Crippen LogP contribution in [0.5, 0.6) is 0 Å². The Hall–Kier alpha value is -2.48. The Balaban J connectivity index is 1.60. The molecule has 2 saturated carbocycles. The van der Waals surface area contributed by atoms with Crippen molar-refractivity contribution in [3.8, 4) is 0 Å². The Morgan fingerprint density at radius 3 is 2.56 bits per heavy atom. The van der Waals surface area contributed by atoms with Crippen LogP contribution in [0.2, 0.25) is 0 Å². The highest BCUT2D eigenvalue weighted by Crippen LogP contribution is 2.25. The zero-order valence-corrected chi connectivity index (χ0v) is 15.7. The number of hydrogen-bond donors (Lipinski definition) is 3. The van der Waals surface area contributed by atoms with Gasteiger partial charge in [0.15, 0.2) is 0 Å². The molecule has 2 heterocycles. The molecule has 27 heavy (non-hydrogen) atoms. The number of aromatic nitrogens is 3. The van der Waals surface area contributed by atoms with Crippen molar-refractivity contribution in [2.24, 2.45) is 7.05 Å². The van der Waals surface area contributed by atoms with E-state index in [2.05, 4.69) is 20.6 Å². The second-order valence-corrected chi connectivity index (χ2v) is 7.74. The van der Waals surface area contributed by atoms with E-state index in [-0.39, 0.29) is 34.6 Å². The lowest BCUT2D eigenvalue weighted by Crippen LogP contribution is -2.58. The van der Waals surface area contributed by atoms with Gasteiger partial charge in [-0.25, -0.2) is 9.78 Å². The maximum Gasteiger partial charge on any atom is 0.329 e. The number of H-pyrrole nitrogens is 1. The van der Waals surface area contributed by atoms with E-state index in [9.17, 15) is 14.4 Å². The van der Waals surface area contributed by atoms with Crippen LogP contribution in [-0.4, -0.2) is 38.6 Å². The van der Waals surface area contributed by atoms with Gasteiger partial charge in [-0.2, -0.15) is 0 Å². The van der Waals surface area contributed by atoms with E-state index in [4.69, 9.17) is 0 Å². The van der Waals surface area contributed by atoms with Gasteiger partial charge >= 0.3 is 5.69 Å². The number of nitrogens with one attached hydrogen (secondary N) is 3. The summed E-state index contributed by atoms with van der Waals surface area (Å²) in [5.41, 5.74) is -0.0525. The first kappa shape index (κ1) is 17.9. The van der Waals surface area contributed by atoms with Crippen LogP contribution in [0.15, 0.2) is 15.7 Å². The number of nitrogens with zero attached hydrogens (tertiary/aromatic N) is 2. The molecule has 2 atom stereocenters. The molecule has 8 heteroatoms. The number of carbonyl (C=O) groups is 1. The number of hydrogen-bond acceptors (Lipinski definition) is 5. The number of fused-ring (bicyclic) bond motifs is 1. The second-order valence-electron chi connectivity index (χ2n) is 7.74. The van der Waals surface area contributed by atoms with Crippen molar-refractivity contribution in [3.63, 3.8) is 0 Å². The summed E-state index contributed by atoms with van der Waals surface area (Å²) in [5.74, 6) is -0.294. The highest BCUT2D eigenvalue weighted by atomic mass is 16.2. The van der Waals surface area contributed by atoms with Gasteiger partial charge in [0.2, 0.25) is 0 Å². The van der Waals surface area contributed by atoms with Gasteiger partial charge in [0.05, 0.1) is 10.9 Å². The summed E-state index contributed by atoms with van der Waals surface area (Å²) < 4.78 is 1.26. The largest absolute Gasteiger partial charge is 0.348 e. The van der Waals surface area contributed by atoms with Gasteiger partial charge in [-0.3, -0.25) is 19.1 Å². The van der Waals surface area contributed by atoms with Crippen LogP contribution >= 0.6 is 0 Å². The molecule has 4 rings (SSSR count). The van der Waals surface area contributed by atoms with Crippen molar-refractivity contribution < 1.29 is 4.79 Å². The lowest BCUT2D eigenvalue weighted by molar-refractivity contribution is 0.0890. The number of aryl methyl sites for hydroxylation is 2. The molecule has 0 saturated heterocycles. The lowest BCUT2D eigenvalue weighted by Gasteiger charge is -2.39. The highest BCUT2D eigenvalue weighted by molar-refractivity contribution is 6.05. The predicted octanol–water partition coefficient (Wildman–Crippen LogP) is 0.723. The third-order valence-corrected chi connectivity index (χ3v) is 5.84. The third-order valence-electron chi connectivity index (χ3n) is 5.84. The average molecular weight is 371 g/mol. The number of aromatic amines is 1. The minimum absolute atomic E-state index is 0.0632. The third kappa shape index (κ3) is 3.29. The van der Waals surface area contributed by atoms with Crippen LogP contribution < -0.4 is 21.9 Å². The molecular formula is C19H25N5O3. The van der Waals surface area contributed by atoms with Crippen molar-refractivity contribution >= 4 is 16.9 Å². The zero-order chi connectivity index (χ0) is 19.1. The van der Waals surface area contributed by atoms with Gasteiger partial charge in [-0.1, -0.05) is 12.8 Å². The molecule has 0 aliphatic heterocycles. The second kappa shape index (κ2) is 6.92. The van der Waals surface area contributed by atoms with E-state index in [0.717, 1.165) is 12.8 Å². The first-order valence-electron chi connectivity index (χ1n) is 9.61. The molecule has 2 aromatic rings. The van der Waals surface area contributed by atoms with Crippen molar-refractivity contribution in [2.75, 3.05) is 0 Å². The quantitative estimate of drug-likeness (QED) is 0.734. The highest BCUT2D eigenvalue weighted by Gasteiger charge is 2.34. The van der Waals surface area contributed by atoms with Gasteiger partial charge in [-0.05, 0) is 38.7 Å². The Bertz CT molecular complexity index is 1000. The molecule has 2 aliphatic rings. The van der Waals surface area contributed by atoms with Crippen molar-refractivity contribution in [1.82, 2.24) is 25.2 Å². The maximum absolute atomic E-state index is 12.9. The Kier molecular flexibility index (Phi) is 4.59. The Morgan fingerprint density at radius 1 is 1.19 bits per heavy atom. The SMILES string of the molecule is Cc1cc(C(=O)N[C@@H]2CC[C@@H]2NC2CCCC2)c2c(=O)[nH]c(=O)n(C)c2n1. The standard InChI is InChI=1S/C19H25N5O3/c1-10-9-12(15-16(20-10)24(2)19(27)23-18(15)26)17(25)22-14-8-7-13(14)21-11-5-3-4-6-11/h9,11,13-14,21H,3-8H2,1-2H3,(H,22,25)(H,23,26,27)/t13-,14+/m0/s1. The first-order valence-corrected chi connectivity index (χ1v) is 9.61. The molecule has 0 aromatic carbocycles. The lowest BCUT2D eigenvalue weighted by atomic mass is 9.85. The van der Waals surface area contributed by atoms with Gasteiger partial charge < -0.3 is 10.6 Å². The number of pyridine rings is 1. The summed E-state index contributed by atoms with van der Waals surface area (Å²) in [6.07, 6.45) is 6.92. The zero-order valence-electron chi connectivity index (χ0n) is 15.7. The summed E-state index contributed by atoms with van der Waals surface area (Å²) in [4.78, 5) is 43.7. The first-order chi connectivity index (χ1) is 12.9. The smallest absolute Gasteiger partial charge is 0.329 e. The topological polar surface area (TPSA) is 109 Å². The minimum atomic E-state index is -0.583. The summed E-state index contributed by atoms with van der Waals surface area (Å²) >= 11 is 0. The molecular weight excluding hydrogens is 346 g/mol. The number of carbonyl (C=O) groups excluding carboxylic acids is 1. The maximum atomic E-state index is 12.9. The fourth-order valence-corrected chi connectivity index (χ4v) is 4.16. The van der Waals surface area contributed by atoms with E-state index in [1.165, 1.54) is 37.3 Å². The van der Waals surface area contributed by atoms with Crippen molar-refractivity contribution in [2.45, 2.75) is 63.6 Å². The molecule has 0 radical (unpaired) electrons. The van der Waals surface area contributed by atoms with Crippen molar-refractivity contribution in [1.29, 1.82) is 0 Å². The van der Waals surface area contributed by atoms with E-state index in [1.807, 2.05) is 0 Å². The van der Waals surface area contributed by atoms with Crippen LogP contribution in [0.25, 0.3) is 11.0 Å². The minimum Gasteiger partial charge on any atom is -0.348 e. The Labute approximate surface area is 156 Å². The van der Waals surface area contributed by atoms with E-state index < -0.39 is 11.2 Å². The summed E-state index contributed by atoms with van der Waals surface area (Å²) in [6, 6.07) is 2.51. The molecule has 2 aliphatic carbocycles. The normalized spacial score (nSPS) is 22.7. The molecule has 0 spiro atoms. The monoisotopic (exact) mass is 371 g/mol. The number of rotatable bonds is 4. The van der Waals surface area contributed by atoms with E-state index in [0.29, 0.717) is 11.7 Å².